The van der Waals surface area contributed by atoms with Crippen LogP contribution in [0.25, 0.3) is 0 Å². The van der Waals surface area contributed by atoms with E-state index in [2.05, 4.69) is 31.1 Å². The minimum Gasteiger partial charge on any atom is -0.395 e. The van der Waals surface area contributed by atoms with Gasteiger partial charge in [0.15, 0.2) is 0 Å². The molecular weight excluding hydrogens is 176 g/mol. The number of nitrogens with zero attached hydrogens (tertiary/aromatic N) is 1. The van der Waals surface area contributed by atoms with Gasteiger partial charge >= 0.3 is 0 Å². The Bertz CT molecular complexity index is 173. The van der Waals surface area contributed by atoms with Crippen molar-refractivity contribution in [3.63, 3.8) is 0 Å². The van der Waals surface area contributed by atoms with Gasteiger partial charge in [-0.05, 0) is 33.2 Å². The summed E-state index contributed by atoms with van der Waals surface area (Å²) in [6.45, 7) is 7.97. The molecule has 0 aromatic carbocycles. The zero-order valence-electron chi connectivity index (χ0n) is 9.83. The van der Waals surface area contributed by atoms with Crippen molar-refractivity contribution in [2.24, 2.45) is 5.92 Å². The van der Waals surface area contributed by atoms with E-state index in [1.54, 1.807) is 0 Å². The van der Waals surface area contributed by atoms with Crippen molar-refractivity contribution in [2.75, 3.05) is 20.2 Å². The Morgan fingerprint density at radius 1 is 1.50 bits per heavy atom. The highest BCUT2D eigenvalue weighted by Gasteiger charge is 2.29. The molecule has 0 spiro atoms. The second-order valence-corrected chi connectivity index (χ2v) is 4.86. The Balaban J connectivity index is 2.44. The van der Waals surface area contributed by atoms with Crippen LogP contribution >= 0.6 is 0 Å². The monoisotopic (exact) mass is 200 g/mol. The van der Waals surface area contributed by atoms with Crippen molar-refractivity contribution in [3.8, 4) is 0 Å². The van der Waals surface area contributed by atoms with Gasteiger partial charge < -0.3 is 15.3 Å². The second kappa shape index (κ2) is 5.10. The summed E-state index contributed by atoms with van der Waals surface area (Å²) >= 11 is 0. The van der Waals surface area contributed by atoms with E-state index in [9.17, 15) is 0 Å². The lowest BCUT2D eigenvalue weighted by Gasteiger charge is -2.41. The third-order valence-electron chi connectivity index (χ3n) is 3.38. The number of aliphatic hydroxyl groups is 1. The van der Waals surface area contributed by atoms with E-state index in [1.165, 1.54) is 6.42 Å². The molecule has 4 atom stereocenters. The Kier molecular flexibility index (Phi) is 4.35. The summed E-state index contributed by atoms with van der Waals surface area (Å²) in [4.78, 5) is 2.41. The third-order valence-corrected chi connectivity index (χ3v) is 3.38. The summed E-state index contributed by atoms with van der Waals surface area (Å²) in [6, 6.07) is 1.43. The quantitative estimate of drug-likeness (QED) is 0.703. The van der Waals surface area contributed by atoms with Crippen LogP contribution in [0.4, 0.5) is 0 Å². The van der Waals surface area contributed by atoms with Gasteiger partial charge in [0.2, 0.25) is 0 Å². The molecular formula is C11H24N2O. The molecule has 1 heterocycles. The predicted octanol–water partition coefficient (Wildman–Crippen LogP) is 0.685. The molecule has 2 N–H and O–H groups in total. The summed E-state index contributed by atoms with van der Waals surface area (Å²) in [5.41, 5.74) is 0. The first-order valence-electron chi connectivity index (χ1n) is 5.61. The molecule has 1 aliphatic rings. The van der Waals surface area contributed by atoms with E-state index < -0.39 is 0 Å². The molecule has 1 rings (SSSR count). The maximum Gasteiger partial charge on any atom is 0.0582 e. The third kappa shape index (κ3) is 2.94. The summed E-state index contributed by atoms with van der Waals surface area (Å²) in [6.07, 6.45) is 1.18. The molecule has 1 fully saturated rings. The number of rotatable bonds is 3. The minimum atomic E-state index is 0.220. The maximum atomic E-state index is 9.00. The highest BCUT2D eigenvalue weighted by atomic mass is 16.3. The number of nitrogens with one attached hydrogen (secondary N) is 1. The van der Waals surface area contributed by atoms with Crippen molar-refractivity contribution < 1.29 is 5.11 Å². The number of aliphatic hydroxyl groups excluding tert-OH is 1. The molecule has 0 radical (unpaired) electrons. The minimum absolute atomic E-state index is 0.220. The second-order valence-electron chi connectivity index (χ2n) is 4.86. The summed E-state index contributed by atoms with van der Waals surface area (Å²) < 4.78 is 0. The molecule has 0 aliphatic carbocycles. The molecule has 0 bridgehead atoms. The van der Waals surface area contributed by atoms with Crippen molar-refractivity contribution in [1.29, 1.82) is 0 Å². The Hall–Kier alpha value is -0.120. The fourth-order valence-corrected chi connectivity index (χ4v) is 2.19. The zero-order valence-corrected chi connectivity index (χ0v) is 9.83. The zero-order chi connectivity index (χ0) is 10.7. The van der Waals surface area contributed by atoms with E-state index >= 15 is 0 Å². The van der Waals surface area contributed by atoms with Crippen LogP contribution in [0.1, 0.15) is 27.2 Å². The molecule has 14 heavy (non-hydrogen) atoms. The van der Waals surface area contributed by atoms with Crippen molar-refractivity contribution in [3.05, 3.63) is 0 Å². The number of hydrogen-bond donors (Lipinski definition) is 2. The SMILES string of the molecule is CC1CN(C)C(C)CC1N[C@@H](C)CO. The lowest BCUT2D eigenvalue weighted by Crippen LogP contribution is -2.53. The van der Waals surface area contributed by atoms with Gasteiger partial charge in [0.05, 0.1) is 6.61 Å². The Morgan fingerprint density at radius 2 is 2.14 bits per heavy atom. The van der Waals surface area contributed by atoms with Crippen LogP contribution in [0.5, 0.6) is 0 Å². The van der Waals surface area contributed by atoms with Crippen LogP contribution in [0.15, 0.2) is 0 Å². The fraction of sp³-hybridized carbons (Fsp3) is 1.00. The average molecular weight is 200 g/mol. The van der Waals surface area contributed by atoms with Crippen LogP contribution in [-0.2, 0) is 0 Å². The first kappa shape index (κ1) is 12.0. The maximum absolute atomic E-state index is 9.00. The average Bonchev–Trinajstić information content (AvgIpc) is 2.14. The normalized spacial score (nSPS) is 37.1. The van der Waals surface area contributed by atoms with E-state index in [1.807, 2.05) is 6.92 Å². The molecule has 1 aliphatic heterocycles. The lowest BCUT2D eigenvalue weighted by molar-refractivity contribution is 0.109. The highest BCUT2D eigenvalue weighted by Crippen LogP contribution is 2.20. The molecule has 3 heteroatoms. The van der Waals surface area contributed by atoms with Gasteiger partial charge in [-0.2, -0.15) is 0 Å². The van der Waals surface area contributed by atoms with Gasteiger partial charge in [-0.25, -0.2) is 0 Å². The largest absolute Gasteiger partial charge is 0.395 e. The molecule has 0 amide bonds. The van der Waals surface area contributed by atoms with Gasteiger partial charge in [-0.3, -0.25) is 0 Å². The molecule has 1 saturated heterocycles. The van der Waals surface area contributed by atoms with Gasteiger partial charge in [0.1, 0.15) is 0 Å². The molecule has 3 unspecified atom stereocenters. The molecule has 3 nitrogen and oxygen atoms in total. The van der Waals surface area contributed by atoms with Gasteiger partial charge in [0, 0.05) is 24.7 Å². The van der Waals surface area contributed by atoms with E-state index in [4.69, 9.17) is 5.11 Å². The number of hydrogen-bond acceptors (Lipinski definition) is 3. The molecule has 0 aromatic heterocycles. The topological polar surface area (TPSA) is 35.5 Å². The standard InChI is InChI=1S/C11H24N2O/c1-8-6-13(4)10(3)5-11(8)12-9(2)7-14/h8-12,14H,5-7H2,1-4H3/t8?,9-,10?,11?/m0/s1. The Labute approximate surface area is 87.5 Å². The number of piperidine rings is 1. The smallest absolute Gasteiger partial charge is 0.0582 e. The van der Waals surface area contributed by atoms with Crippen LogP contribution in [0.2, 0.25) is 0 Å². The first-order valence-corrected chi connectivity index (χ1v) is 5.61. The van der Waals surface area contributed by atoms with E-state index in [0.29, 0.717) is 18.0 Å². The predicted molar refractivity (Wildman–Crippen MR) is 59.3 cm³/mol. The number of likely N-dealkylation sites (tertiary alicyclic amines) is 1. The highest BCUT2D eigenvalue weighted by molar-refractivity contribution is 4.87. The molecule has 84 valence electrons. The van der Waals surface area contributed by atoms with E-state index in [0.717, 1.165) is 6.54 Å². The van der Waals surface area contributed by atoms with Crippen molar-refractivity contribution in [2.45, 2.75) is 45.3 Å². The first-order chi connectivity index (χ1) is 6.54. The molecule has 0 aromatic rings. The summed E-state index contributed by atoms with van der Waals surface area (Å²) in [5.74, 6) is 0.671. The fourth-order valence-electron chi connectivity index (χ4n) is 2.19. The Morgan fingerprint density at radius 3 is 2.71 bits per heavy atom. The van der Waals surface area contributed by atoms with Crippen molar-refractivity contribution in [1.82, 2.24) is 10.2 Å². The van der Waals surface area contributed by atoms with Crippen LogP contribution in [0.3, 0.4) is 0 Å². The van der Waals surface area contributed by atoms with E-state index in [-0.39, 0.29) is 12.6 Å². The van der Waals surface area contributed by atoms with Crippen LogP contribution < -0.4 is 5.32 Å². The van der Waals surface area contributed by atoms with Crippen LogP contribution in [0, 0.1) is 5.92 Å². The van der Waals surface area contributed by atoms with Gasteiger partial charge in [-0.1, -0.05) is 6.92 Å². The van der Waals surface area contributed by atoms with Crippen LogP contribution in [-0.4, -0.2) is 48.3 Å². The lowest BCUT2D eigenvalue weighted by atomic mass is 9.89. The van der Waals surface area contributed by atoms with Gasteiger partial charge in [-0.15, -0.1) is 0 Å². The molecule has 0 saturated carbocycles. The van der Waals surface area contributed by atoms with Gasteiger partial charge in [0.25, 0.3) is 0 Å². The summed E-state index contributed by atoms with van der Waals surface area (Å²) in [7, 11) is 2.19. The summed E-state index contributed by atoms with van der Waals surface area (Å²) in [5, 5.41) is 12.5. The van der Waals surface area contributed by atoms with Crippen molar-refractivity contribution >= 4 is 0 Å².